The van der Waals surface area contributed by atoms with E-state index in [0.29, 0.717) is 0 Å². The standard InChI is InChI=1S/C12H14N2O/c1-3-13-8-9-14(12(13)15)11-6-4-10(2)5-7-11/h3-7H,1,8-9H2,2H3. The molecule has 2 amide bonds. The lowest BCUT2D eigenvalue weighted by Gasteiger charge is -2.16. The number of anilines is 1. The zero-order valence-corrected chi connectivity index (χ0v) is 8.81. The van der Waals surface area contributed by atoms with Gasteiger partial charge >= 0.3 is 6.03 Å². The van der Waals surface area contributed by atoms with Crippen LogP contribution in [0.25, 0.3) is 0 Å². The summed E-state index contributed by atoms with van der Waals surface area (Å²) in [7, 11) is 0. The molecule has 1 aliphatic heterocycles. The minimum atomic E-state index is 0.00820. The van der Waals surface area contributed by atoms with E-state index >= 15 is 0 Å². The Labute approximate surface area is 89.6 Å². The fraction of sp³-hybridized carbons (Fsp3) is 0.250. The van der Waals surface area contributed by atoms with E-state index < -0.39 is 0 Å². The monoisotopic (exact) mass is 202 g/mol. The van der Waals surface area contributed by atoms with E-state index in [2.05, 4.69) is 6.58 Å². The van der Waals surface area contributed by atoms with Gasteiger partial charge in [-0.05, 0) is 19.1 Å². The Hall–Kier alpha value is -1.77. The molecular weight excluding hydrogens is 188 g/mol. The van der Waals surface area contributed by atoms with Gasteiger partial charge in [-0.3, -0.25) is 9.80 Å². The third-order valence-electron chi connectivity index (χ3n) is 2.61. The molecule has 1 aromatic rings. The van der Waals surface area contributed by atoms with E-state index in [-0.39, 0.29) is 6.03 Å². The molecule has 2 rings (SSSR count). The number of carbonyl (C=O) groups is 1. The van der Waals surface area contributed by atoms with Crippen LogP contribution in [0.1, 0.15) is 5.56 Å². The van der Waals surface area contributed by atoms with E-state index in [0.717, 1.165) is 18.8 Å². The van der Waals surface area contributed by atoms with Crippen LogP contribution in [0.3, 0.4) is 0 Å². The molecule has 15 heavy (non-hydrogen) atoms. The van der Waals surface area contributed by atoms with E-state index in [1.807, 2.05) is 31.2 Å². The van der Waals surface area contributed by atoms with Crippen LogP contribution < -0.4 is 4.90 Å². The quantitative estimate of drug-likeness (QED) is 0.722. The zero-order valence-electron chi connectivity index (χ0n) is 8.81. The summed E-state index contributed by atoms with van der Waals surface area (Å²) in [5, 5.41) is 0. The molecule has 0 radical (unpaired) electrons. The van der Waals surface area contributed by atoms with Crippen LogP contribution in [-0.2, 0) is 0 Å². The molecule has 1 aromatic carbocycles. The summed E-state index contributed by atoms with van der Waals surface area (Å²) in [4.78, 5) is 15.2. The third-order valence-corrected chi connectivity index (χ3v) is 2.61. The maximum absolute atomic E-state index is 11.8. The zero-order chi connectivity index (χ0) is 10.8. The Morgan fingerprint density at radius 2 is 1.93 bits per heavy atom. The lowest BCUT2D eigenvalue weighted by Crippen LogP contribution is -2.28. The normalized spacial score (nSPS) is 15.9. The molecule has 0 saturated carbocycles. The molecule has 0 N–H and O–H groups in total. The minimum Gasteiger partial charge on any atom is -0.299 e. The second-order valence-corrected chi connectivity index (χ2v) is 3.65. The number of nitrogens with zero attached hydrogens (tertiary/aromatic N) is 2. The van der Waals surface area contributed by atoms with Crippen molar-refractivity contribution in [1.29, 1.82) is 0 Å². The van der Waals surface area contributed by atoms with Crippen molar-refractivity contribution in [3.63, 3.8) is 0 Å². The molecule has 78 valence electrons. The summed E-state index contributed by atoms with van der Waals surface area (Å²) < 4.78 is 0. The predicted molar refractivity (Wildman–Crippen MR) is 60.8 cm³/mol. The molecule has 0 bridgehead atoms. The SMILES string of the molecule is C=CN1CCN(c2ccc(C)cc2)C1=O. The van der Waals surface area contributed by atoms with Crippen LogP contribution in [0.15, 0.2) is 37.0 Å². The number of benzene rings is 1. The Bertz CT molecular complexity index is 383. The van der Waals surface area contributed by atoms with Crippen molar-refractivity contribution in [2.24, 2.45) is 0 Å². The third kappa shape index (κ3) is 1.73. The first-order chi connectivity index (χ1) is 7.22. The largest absolute Gasteiger partial charge is 0.328 e. The van der Waals surface area contributed by atoms with Crippen molar-refractivity contribution >= 4 is 11.7 Å². The maximum atomic E-state index is 11.8. The Balaban J connectivity index is 2.22. The summed E-state index contributed by atoms with van der Waals surface area (Å²) in [6.45, 7) is 7.10. The molecular formula is C12H14N2O. The Morgan fingerprint density at radius 1 is 1.27 bits per heavy atom. The summed E-state index contributed by atoms with van der Waals surface area (Å²) >= 11 is 0. The highest BCUT2D eigenvalue weighted by molar-refractivity contribution is 5.94. The number of rotatable bonds is 2. The van der Waals surface area contributed by atoms with Crippen molar-refractivity contribution in [2.45, 2.75) is 6.92 Å². The Morgan fingerprint density at radius 3 is 2.47 bits per heavy atom. The fourth-order valence-corrected chi connectivity index (χ4v) is 1.69. The van der Waals surface area contributed by atoms with Gasteiger partial charge in [0, 0.05) is 25.0 Å². The van der Waals surface area contributed by atoms with E-state index in [1.165, 1.54) is 5.56 Å². The average Bonchev–Trinajstić information content (AvgIpc) is 2.61. The van der Waals surface area contributed by atoms with Crippen LogP contribution >= 0.6 is 0 Å². The molecule has 0 aliphatic carbocycles. The van der Waals surface area contributed by atoms with Gasteiger partial charge in [0.2, 0.25) is 0 Å². The first kappa shape index (κ1) is 9.77. The molecule has 3 nitrogen and oxygen atoms in total. The smallest absolute Gasteiger partial charge is 0.299 e. The van der Waals surface area contributed by atoms with Crippen molar-refractivity contribution in [3.05, 3.63) is 42.6 Å². The number of hydrogen-bond acceptors (Lipinski definition) is 1. The van der Waals surface area contributed by atoms with Gasteiger partial charge in [-0.25, -0.2) is 4.79 Å². The predicted octanol–water partition coefficient (Wildman–Crippen LogP) is 2.38. The number of aryl methyl sites for hydroxylation is 1. The molecule has 1 aliphatic rings. The van der Waals surface area contributed by atoms with Crippen LogP contribution in [0.4, 0.5) is 10.5 Å². The highest BCUT2D eigenvalue weighted by atomic mass is 16.2. The lowest BCUT2D eigenvalue weighted by molar-refractivity contribution is 0.234. The fourth-order valence-electron chi connectivity index (χ4n) is 1.69. The summed E-state index contributed by atoms with van der Waals surface area (Å²) in [6.07, 6.45) is 1.58. The summed E-state index contributed by atoms with van der Waals surface area (Å²) in [5.41, 5.74) is 2.15. The van der Waals surface area contributed by atoms with Gasteiger partial charge in [-0.15, -0.1) is 0 Å². The van der Waals surface area contributed by atoms with Gasteiger partial charge in [0.1, 0.15) is 0 Å². The first-order valence-electron chi connectivity index (χ1n) is 5.00. The van der Waals surface area contributed by atoms with E-state index in [4.69, 9.17) is 0 Å². The molecule has 1 saturated heterocycles. The van der Waals surface area contributed by atoms with Crippen molar-refractivity contribution < 1.29 is 4.79 Å². The van der Waals surface area contributed by atoms with Crippen LogP contribution in [0, 0.1) is 6.92 Å². The number of urea groups is 1. The van der Waals surface area contributed by atoms with Crippen molar-refractivity contribution in [3.8, 4) is 0 Å². The van der Waals surface area contributed by atoms with Gasteiger partial charge in [0.25, 0.3) is 0 Å². The Kier molecular flexibility index (Phi) is 2.46. The first-order valence-corrected chi connectivity index (χ1v) is 5.00. The number of hydrogen-bond donors (Lipinski definition) is 0. The molecule has 0 atom stereocenters. The molecule has 1 heterocycles. The summed E-state index contributed by atoms with van der Waals surface area (Å²) in [6, 6.07) is 7.98. The lowest BCUT2D eigenvalue weighted by atomic mass is 10.2. The van der Waals surface area contributed by atoms with Gasteiger partial charge < -0.3 is 0 Å². The molecule has 0 spiro atoms. The number of carbonyl (C=O) groups excluding carboxylic acids is 1. The highest BCUT2D eigenvalue weighted by Crippen LogP contribution is 2.20. The maximum Gasteiger partial charge on any atom is 0.328 e. The average molecular weight is 202 g/mol. The van der Waals surface area contributed by atoms with Crippen molar-refractivity contribution in [1.82, 2.24) is 4.90 Å². The van der Waals surface area contributed by atoms with Gasteiger partial charge in [0.05, 0.1) is 0 Å². The minimum absolute atomic E-state index is 0.00820. The summed E-state index contributed by atoms with van der Waals surface area (Å²) in [5.74, 6) is 0. The van der Waals surface area contributed by atoms with Crippen LogP contribution in [0.5, 0.6) is 0 Å². The second-order valence-electron chi connectivity index (χ2n) is 3.65. The molecule has 3 heteroatoms. The van der Waals surface area contributed by atoms with Gasteiger partial charge in [0.15, 0.2) is 0 Å². The van der Waals surface area contributed by atoms with E-state index in [9.17, 15) is 4.79 Å². The van der Waals surface area contributed by atoms with Crippen molar-refractivity contribution in [2.75, 3.05) is 18.0 Å². The molecule has 0 aromatic heterocycles. The second kappa shape index (κ2) is 3.77. The van der Waals surface area contributed by atoms with E-state index in [1.54, 1.807) is 16.0 Å². The van der Waals surface area contributed by atoms with Crippen LogP contribution in [-0.4, -0.2) is 24.0 Å². The molecule has 1 fully saturated rings. The number of amides is 2. The van der Waals surface area contributed by atoms with Crippen LogP contribution in [0.2, 0.25) is 0 Å². The highest BCUT2D eigenvalue weighted by Gasteiger charge is 2.27. The topological polar surface area (TPSA) is 23.6 Å². The van der Waals surface area contributed by atoms with Gasteiger partial charge in [-0.1, -0.05) is 24.3 Å². The van der Waals surface area contributed by atoms with Gasteiger partial charge in [-0.2, -0.15) is 0 Å². The molecule has 0 unspecified atom stereocenters.